The zero-order valence-corrected chi connectivity index (χ0v) is 30.2. The van der Waals surface area contributed by atoms with E-state index in [1.54, 1.807) is 0 Å². The van der Waals surface area contributed by atoms with E-state index in [0.29, 0.717) is 0 Å². The molecule has 0 spiro atoms. The Bertz CT molecular complexity index is 1770. The Labute approximate surface area is 296 Å². The molecule has 1 aliphatic carbocycles. The molecule has 0 saturated heterocycles. The molecule has 0 heteroatoms. The molecule has 0 radical (unpaired) electrons. The van der Waals surface area contributed by atoms with Crippen LogP contribution in [0.25, 0.3) is 16.8 Å². The molecule has 0 heterocycles. The van der Waals surface area contributed by atoms with Gasteiger partial charge in [0.1, 0.15) is 0 Å². The van der Waals surface area contributed by atoms with Gasteiger partial charge in [0.2, 0.25) is 0 Å². The fourth-order valence-corrected chi connectivity index (χ4v) is 5.11. The monoisotopic (exact) mass is 640 g/mol. The van der Waals surface area contributed by atoms with Crippen LogP contribution in [-0.4, -0.2) is 0 Å². The number of hydrogen-bond donors (Lipinski definition) is 0. The van der Waals surface area contributed by atoms with Crippen molar-refractivity contribution in [3.8, 4) is 0 Å². The van der Waals surface area contributed by atoms with Crippen LogP contribution in [0.3, 0.4) is 0 Å². The molecule has 7 aromatic rings. The second-order valence-corrected chi connectivity index (χ2v) is 12.2. The molecule has 0 unspecified atom stereocenters. The number of aryl methyl sites for hydroxylation is 6. The van der Waals surface area contributed by atoms with Crippen molar-refractivity contribution in [3.05, 3.63) is 233 Å². The average Bonchev–Trinajstić information content (AvgIpc) is 3.61. The average molecular weight is 641 g/mol. The lowest BCUT2D eigenvalue weighted by molar-refractivity contribution is 1.31. The first-order valence-electron chi connectivity index (χ1n) is 17.1. The Hall–Kier alpha value is -5.46. The first-order valence-corrected chi connectivity index (χ1v) is 17.1. The van der Waals surface area contributed by atoms with Gasteiger partial charge in [-0.15, -0.1) is 0 Å². The summed E-state index contributed by atoms with van der Waals surface area (Å²) in [6.45, 7) is 12.7. The van der Waals surface area contributed by atoms with E-state index in [-0.39, 0.29) is 0 Å². The highest BCUT2D eigenvalue weighted by Gasteiger charge is 2.00. The predicted octanol–water partition coefficient (Wildman–Crippen LogP) is 13.7. The van der Waals surface area contributed by atoms with Crippen molar-refractivity contribution in [3.63, 3.8) is 0 Å². The van der Waals surface area contributed by atoms with Crippen LogP contribution in [0.4, 0.5) is 0 Å². The van der Waals surface area contributed by atoms with Crippen LogP contribution in [-0.2, 0) is 6.42 Å². The molecule has 0 aromatic heterocycles. The molecular formula is C49H52. The van der Waals surface area contributed by atoms with E-state index in [9.17, 15) is 0 Å². The van der Waals surface area contributed by atoms with Gasteiger partial charge in [-0.2, -0.15) is 0 Å². The van der Waals surface area contributed by atoms with Crippen molar-refractivity contribution in [2.75, 3.05) is 0 Å². The van der Waals surface area contributed by atoms with Crippen molar-refractivity contribution in [2.45, 2.75) is 48.0 Å². The molecule has 8 rings (SSSR count). The van der Waals surface area contributed by atoms with Crippen molar-refractivity contribution in [1.29, 1.82) is 0 Å². The standard InChI is InChI=1S/C10H8.C9H8.C9H12.C8H10.C7H8.C6H6/c1-2-6-10-8-4-3-7-9(10)5-1;1-2-5-9-7-3-6-8(9)4-1;1-7-4-8(2)6-9(3)5-7;1-7-5-3-4-6-8(7)2;1-7-5-3-2-4-6-7;1-2-4-6-5-3-1/h1-8H;1-6H,7H2;4-6H,1-3H3;3-6H,1-2H3;2-6H,1H3;1-6H. The quantitative estimate of drug-likeness (QED) is 0.155. The van der Waals surface area contributed by atoms with Crippen LogP contribution in [0.1, 0.15) is 44.5 Å². The number of allylic oxidation sites excluding steroid dienone is 1. The molecule has 1 aliphatic rings. The number of benzene rings is 7. The first kappa shape index (κ1) is 38.0. The predicted molar refractivity (Wildman–Crippen MR) is 217 cm³/mol. The SMILES string of the molecule is C1=Cc2ccccc2C1.Cc1cc(C)cc(C)c1.Cc1ccccc1.Cc1ccccc1C.c1ccc2ccccc2c1.c1ccccc1. The highest BCUT2D eigenvalue weighted by atomic mass is 14.0. The highest BCUT2D eigenvalue weighted by Crippen LogP contribution is 2.17. The van der Waals surface area contributed by atoms with Gasteiger partial charge >= 0.3 is 0 Å². The molecule has 0 amide bonds. The van der Waals surface area contributed by atoms with Gasteiger partial charge in [-0.25, -0.2) is 0 Å². The summed E-state index contributed by atoms with van der Waals surface area (Å²) in [6, 6.07) is 62.4. The second kappa shape index (κ2) is 22.2. The maximum Gasteiger partial charge on any atom is -0.00882 e. The van der Waals surface area contributed by atoms with Gasteiger partial charge in [-0.1, -0.05) is 216 Å². The molecule has 0 atom stereocenters. The van der Waals surface area contributed by atoms with Gasteiger partial charge in [-0.05, 0) is 81.0 Å². The lowest BCUT2D eigenvalue weighted by Gasteiger charge is -1.96. The van der Waals surface area contributed by atoms with Crippen molar-refractivity contribution < 1.29 is 0 Å². The van der Waals surface area contributed by atoms with Gasteiger partial charge in [-0.3, -0.25) is 0 Å². The zero-order valence-electron chi connectivity index (χ0n) is 30.2. The molecular weight excluding hydrogens is 589 g/mol. The van der Waals surface area contributed by atoms with Gasteiger partial charge < -0.3 is 0 Å². The number of hydrogen-bond acceptors (Lipinski definition) is 0. The molecule has 0 nitrogen and oxygen atoms in total. The van der Waals surface area contributed by atoms with Crippen LogP contribution >= 0.6 is 0 Å². The van der Waals surface area contributed by atoms with Crippen LogP contribution in [0, 0.1) is 41.5 Å². The Morgan fingerprint density at radius 3 is 1.04 bits per heavy atom. The molecule has 0 bridgehead atoms. The van der Waals surface area contributed by atoms with E-state index >= 15 is 0 Å². The maximum atomic E-state index is 2.20. The Morgan fingerprint density at radius 1 is 0.327 bits per heavy atom. The minimum Gasteiger partial charge on any atom is -0.0795 e. The summed E-state index contributed by atoms with van der Waals surface area (Å²) >= 11 is 0. The summed E-state index contributed by atoms with van der Waals surface area (Å²) in [6.07, 6.45) is 5.50. The Kier molecular flexibility index (Phi) is 17.2. The minimum absolute atomic E-state index is 1.12. The van der Waals surface area contributed by atoms with Gasteiger partial charge in [0, 0.05) is 0 Å². The fourth-order valence-electron chi connectivity index (χ4n) is 5.11. The lowest BCUT2D eigenvalue weighted by Crippen LogP contribution is -1.78. The van der Waals surface area contributed by atoms with Crippen molar-refractivity contribution in [1.82, 2.24) is 0 Å². The molecule has 0 fully saturated rings. The van der Waals surface area contributed by atoms with Gasteiger partial charge in [0.15, 0.2) is 0 Å². The summed E-state index contributed by atoms with van der Waals surface area (Å²) < 4.78 is 0. The molecule has 7 aromatic carbocycles. The zero-order chi connectivity index (χ0) is 35.1. The van der Waals surface area contributed by atoms with Crippen LogP contribution in [0.15, 0.2) is 188 Å². The molecule has 0 aliphatic heterocycles. The van der Waals surface area contributed by atoms with Crippen molar-refractivity contribution in [2.24, 2.45) is 0 Å². The molecule has 0 saturated carbocycles. The third kappa shape index (κ3) is 15.8. The summed E-state index contributed by atoms with van der Waals surface area (Å²) in [5, 5.41) is 2.62. The first-order chi connectivity index (χ1) is 23.8. The van der Waals surface area contributed by atoms with Crippen LogP contribution < -0.4 is 0 Å². The van der Waals surface area contributed by atoms with Crippen LogP contribution in [0.5, 0.6) is 0 Å². The Morgan fingerprint density at radius 2 is 0.673 bits per heavy atom. The fraction of sp³-hybridized carbons (Fsp3) is 0.143. The smallest absolute Gasteiger partial charge is 0.00882 e. The van der Waals surface area contributed by atoms with Gasteiger partial charge in [0.05, 0.1) is 0 Å². The van der Waals surface area contributed by atoms with E-state index in [1.165, 1.54) is 55.3 Å². The third-order valence-corrected chi connectivity index (χ3v) is 7.75. The molecule has 248 valence electrons. The third-order valence-electron chi connectivity index (χ3n) is 7.75. The van der Waals surface area contributed by atoms with Crippen molar-refractivity contribution >= 4 is 16.8 Å². The van der Waals surface area contributed by atoms with E-state index in [1.807, 2.05) is 54.6 Å². The Balaban J connectivity index is 0.000000160. The summed E-state index contributed by atoms with van der Waals surface area (Å²) in [7, 11) is 0. The lowest BCUT2D eigenvalue weighted by atomic mass is 10.1. The van der Waals surface area contributed by atoms with E-state index in [4.69, 9.17) is 0 Å². The summed E-state index contributed by atoms with van der Waals surface area (Å²) in [4.78, 5) is 0. The van der Waals surface area contributed by atoms with E-state index in [0.717, 1.165) is 6.42 Å². The topological polar surface area (TPSA) is 0 Å². The molecule has 0 N–H and O–H groups in total. The second-order valence-electron chi connectivity index (χ2n) is 12.2. The number of rotatable bonds is 0. The van der Waals surface area contributed by atoms with Gasteiger partial charge in [0.25, 0.3) is 0 Å². The van der Waals surface area contributed by atoms with E-state index < -0.39 is 0 Å². The molecule has 49 heavy (non-hydrogen) atoms. The number of fused-ring (bicyclic) bond motifs is 2. The normalized spacial score (nSPS) is 10.1. The van der Waals surface area contributed by atoms with Crippen LogP contribution in [0.2, 0.25) is 0 Å². The maximum absolute atomic E-state index is 2.20. The largest absolute Gasteiger partial charge is 0.0795 e. The summed E-state index contributed by atoms with van der Waals surface area (Å²) in [5.74, 6) is 0. The summed E-state index contributed by atoms with van der Waals surface area (Å²) in [5.41, 5.74) is 11.0. The van der Waals surface area contributed by atoms with E-state index in [2.05, 4.69) is 181 Å². The highest BCUT2D eigenvalue weighted by molar-refractivity contribution is 5.82. The minimum atomic E-state index is 1.12.